The summed E-state index contributed by atoms with van der Waals surface area (Å²) in [5, 5.41) is 0.424. The molecule has 0 spiro atoms. The fourth-order valence-electron chi connectivity index (χ4n) is 4.93. The molecule has 7 nitrogen and oxygen atoms in total. The lowest BCUT2D eigenvalue weighted by molar-refractivity contribution is 0.0662. The van der Waals surface area contributed by atoms with Crippen LogP contribution in [0.15, 0.2) is 45.6 Å². The first-order valence-corrected chi connectivity index (χ1v) is 12.3. The summed E-state index contributed by atoms with van der Waals surface area (Å²) in [6.07, 6.45) is 0.334. The first-order valence-electron chi connectivity index (χ1n) is 10.4. The minimum Gasteiger partial charge on any atom is -0.497 e. The minimum atomic E-state index is -3.24. The lowest BCUT2D eigenvalue weighted by Gasteiger charge is -2.30. The van der Waals surface area contributed by atoms with Gasteiger partial charge in [0, 0.05) is 6.04 Å². The molecule has 2 aliphatic rings. The van der Waals surface area contributed by atoms with Gasteiger partial charge in [-0.3, -0.25) is 9.59 Å². The average molecular weight is 454 g/mol. The van der Waals surface area contributed by atoms with Gasteiger partial charge >= 0.3 is 0 Å². The molecule has 5 rings (SSSR count). The van der Waals surface area contributed by atoms with Gasteiger partial charge in [-0.2, -0.15) is 0 Å². The van der Waals surface area contributed by atoms with Gasteiger partial charge in [0.2, 0.25) is 5.76 Å². The molecule has 0 saturated carbocycles. The molecule has 1 aromatic heterocycles. The Kier molecular flexibility index (Phi) is 4.67. The summed E-state index contributed by atoms with van der Waals surface area (Å²) in [6.45, 7) is 3.74. The number of carbonyl (C=O) groups is 1. The molecule has 3 aromatic rings. The molecular formula is C24H23NO6S. The summed E-state index contributed by atoms with van der Waals surface area (Å²) in [5.74, 6) is 0.103. The number of amides is 1. The van der Waals surface area contributed by atoms with Crippen LogP contribution in [0.25, 0.3) is 11.0 Å². The third-order valence-corrected chi connectivity index (χ3v) is 8.12. The maximum atomic E-state index is 13.7. The summed E-state index contributed by atoms with van der Waals surface area (Å²) in [6, 6.07) is 9.56. The molecule has 0 N–H and O–H groups in total. The Bertz CT molecular complexity index is 1420. The smallest absolute Gasteiger partial charge is 0.291 e. The van der Waals surface area contributed by atoms with Crippen LogP contribution in [0.2, 0.25) is 0 Å². The largest absolute Gasteiger partial charge is 0.497 e. The van der Waals surface area contributed by atoms with Crippen LogP contribution in [0, 0.1) is 13.8 Å². The Morgan fingerprint density at radius 1 is 1.09 bits per heavy atom. The van der Waals surface area contributed by atoms with Crippen LogP contribution in [0.4, 0.5) is 0 Å². The highest BCUT2D eigenvalue weighted by molar-refractivity contribution is 7.91. The Hall–Kier alpha value is -3.13. The standard InChI is InChI=1S/C24H23NO6S/c1-13-10-14(2)22-18(11-13)21(26)19-20(15-4-6-17(30-3)7-5-15)25(24(27)23(19)31-22)16-8-9-32(28,29)12-16/h4-7,10-11,16,20H,8-9,12H2,1-3H3. The van der Waals surface area contributed by atoms with Gasteiger partial charge in [0.05, 0.1) is 35.6 Å². The molecule has 0 radical (unpaired) electrons. The number of nitrogens with zero attached hydrogens (tertiary/aromatic N) is 1. The van der Waals surface area contributed by atoms with E-state index in [0.29, 0.717) is 28.7 Å². The first kappa shape index (κ1) is 20.8. The zero-order valence-corrected chi connectivity index (χ0v) is 18.9. The van der Waals surface area contributed by atoms with Gasteiger partial charge in [0.25, 0.3) is 5.91 Å². The first-order chi connectivity index (χ1) is 15.2. The van der Waals surface area contributed by atoms with E-state index in [0.717, 1.165) is 11.1 Å². The highest BCUT2D eigenvalue weighted by Gasteiger charge is 2.48. The van der Waals surface area contributed by atoms with Crippen LogP contribution in [-0.2, 0) is 9.84 Å². The second-order valence-corrected chi connectivity index (χ2v) is 10.8. The van der Waals surface area contributed by atoms with Gasteiger partial charge < -0.3 is 14.1 Å². The number of carbonyl (C=O) groups excluding carboxylic acids is 1. The van der Waals surface area contributed by atoms with E-state index in [2.05, 4.69) is 0 Å². The molecule has 2 unspecified atom stereocenters. The van der Waals surface area contributed by atoms with Gasteiger partial charge in [-0.1, -0.05) is 18.2 Å². The molecule has 3 heterocycles. The van der Waals surface area contributed by atoms with Crippen molar-refractivity contribution in [3.8, 4) is 5.75 Å². The molecule has 1 amide bonds. The molecule has 0 aliphatic carbocycles. The molecule has 32 heavy (non-hydrogen) atoms. The molecule has 1 fully saturated rings. The van der Waals surface area contributed by atoms with Crippen molar-refractivity contribution in [2.75, 3.05) is 18.6 Å². The predicted molar refractivity (Wildman–Crippen MR) is 120 cm³/mol. The number of hydrogen-bond acceptors (Lipinski definition) is 6. The monoisotopic (exact) mass is 453 g/mol. The third kappa shape index (κ3) is 3.12. The van der Waals surface area contributed by atoms with Crippen LogP contribution in [-0.4, -0.2) is 43.9 Å². The zero-order valence-electron chi connectivity index (χ0n) is 18.0. The van der Waals surface area contributed by atoms with E-state index in [1.807, 2.05) is 19.9 Å². The quantitative estimate of drug-likeness (QED) is 0.605. The third-order valence-electron chi connectivity index (χ3n) is 6.37. The fraction of sp³-hybridized carbons (Fsp3) is 0.333. The summed E-state index contributed by atoms with van der Waals surface area (Å²) in [5.41, 5.74) is 2.80. The van der Waals surface area contributed by atoms with Crippen LogP contribution in [0.1, 0.15) is 45.3 Å². The van der Waals surface area contributed by atoms with Gasteiger partial charge in [-0.05, 0) is 55.2 Å². The summed E-state index contributed by atoms with van der Waals surface area (Å²) in [4.78, 5) is 28.8. The topological polar surface area (TPSA) is 93.9 Å². The molecule has 1 saturated heterocycles. The average Bonchev–Trinajstić information content (AvgIpc) is 3.25. The second-order valence-electron chi connectivity index (χ2n) is 8.58. The van der Waals surface area contributed by atoms with Crippen molar-refractivity contribution in [1.29, 1.82) is 0 Å². The highest BCUT2D eigenvalue weighted by Crippen LogP contribution is 2.42. The zero-order chi connectivity index (χ0) is 22.8. The Labute approximate surface area is 185 Å². The maximum absolute atomic E-state index is 13.7. The number of benzene rings is 2. The number of fused-ring (bicyclic) bond motifs is 2. The van der Waals surface area contributed by atoms with Gasteiger partial charge in [0.1, 0.15) is 11.3 Å². The van der Waals surface area contributed by atoms with E-state index in [-0.39, 0.29) is 28.3 Å². The van der Waals surface area contributed by atoms with Crippen molar-refractivity contribution >= 4 is 26.7 Å². The molecule has 2 aromatic carbocycles. The van der Waals surface area contributed by atoms with Crippen LogP contribution >= 0.6 is 0 Å². The molecular weight excluding hydrogens is 430 g/mol. The van der Waals surface area contributed by atoms with Gasteiger partial charge in [-0.15, -0.1) is 0 Å². The molecule has 0 bridgehead atoms. The molecule has 2 aliphatic heterocycles. The van der Waals surface area contributed by atoms with Crippen LogP contribution in [0.3, 0.4) is 0 Å². The summed E-state index contributed by atoms with van der Waals surface area (Å²) >= 11 is 0. The number of rotatable bonds is 3. The predicted octanol–water partition coefficient (Wildman–Crippen LogP) is 3.15. The van der Waals surface area contributed by atoms with E-state index in [4.69, 9.17) is 9.15 Å². The van der Waals surface area contributed by atoms with E-state index in [9.17, 15) is 18.0 Å². The Morgan fingerprint density at radius 3 is 2.44 bits per heavy atom. The lowest BCUT2D eigenvalue weighted by Crippen LogP contribution is -2.40. The van der Waals surface area contributed by atoms with Crippen molar-refractivity contribution in [2.24, 2.45) is 0 Å². The number of hydrogen-bond donors (Lipinski definition) is 0. The molecule has 166 valence electrons. The lowest BCUT2D eigenvalue weighted by atomic mass is 9.96. The number of methoxy groups -OCH3 is 1. The number of ether oxygens (including phenoxy) is 1. The van der Waals surface area contributed by atoms with Crippen LogP contribution < -0.4 is 10.2 Å². The maximum Gasteiger partial charge on any atom is 0.291 e. The van der Waals surface area contributed by atoms with E-state index in [1.54, 1.807) is 37.4 Å². The normalized spacial score (nSPS) is 21.8. The molecule has 8 heteroatoms. The van der Waals surface area contributed by atoms with E-state index in [1.165, 1.54) is 4.90 Å². The van der Waals surface area contributed by atoms with Crippen LogP contribution in [0.5, 0.6) is 5.75 Å². The molecule has 2 atom stereocenters. The fourth-order valence-corrected chi connectivity index (χ4v) is 6.64. The second kappa shape index (κ2) is 7.20. The SMILES string of the molecule is COc1ccc(C2c3c(oc4c(C)cc(C)cc4c3=O)C(=O)N2C2CCS(=O)(=O)C2)cc1. The number of sulfone groups is 1. The van der Waals surface area contributed by atoms with Crippen molar-refractivity contribution in [3.05, 3.63) is 74.6 Å². The van der Waals surface area contributed by atoms with Gasteiger partial charge in [-0.25, -0.2) is 8.42 Å². The van der Waals surface area contributed by atoms with Crippen molar-refractivity contribution < 1.29 is 22.4 Å². The van der Waals surface area contributed by atoms with Crippen molar-refractivity contribution in [1.82, 2.24) is 4.90 Å². The summed E-state index contributed by atoms with van der Waals surface area (Å²) < 4.78 is 35.7. The Morgan fingerprint density at radius 2 is 1.81 bits per heavy atom. The minimum absolute atomic E-state index is 0.000399. The Balaban J connectivity index is 1.77. The van der Waals surface area contributed by atoms with E-state index < -0.39 is 27.8 Å². The van der Waals surface area contributed by atoms with Crippen molar-refractivity contribution in [3.63, 3.8) is 0 Å². The van der Waals surface area contributed by atoms with Gasteiger partial charge in [0.15, 0.2) is 15.3 Å². The summed E-state index contributed by atoms with van der Waals surface area (Å²) in [7, 11) is -1.68. The van der Waals surface area contributed by atoms with Crippen molar-refractivity contribution in [2.45, 2.75) is 32.4 Å². The highest BCUT2D eigenvalue weighted by atomic mass is 32.2. The van der Waals surface area contributed by atoms with E-state index >= 15 is 0 Å². The number of aryl methyl sites for hydroxylation is 2.